The molecule has 6 heteroatoms. The molecule has 2 rings (SSSR count). The maximum Gasteiger partial charge on any atom is 0.255 e. The van der Waals surface area contributed by atoms with Crippen molar-refractivity contribution < 1.29 is 14.3 Å². The van der Waals surface area contributed by atoms with Crippen LogP contribution >= 0.6 is 0 Å². The quantitative estimate of drug-likeness (QED) is 0.637. The van der Waals surface area contributed by atoms with E-state index in [2.05, 4.69) is 17.2 Å². The second-order valence-electron chi connectivity index (χ2n) is 6.05. The minimum atomic E-state index is -0.256. The average Bonchev–Trinajstić information content (AvgIpc) is 2.64. The maximum absolute atomic E-state index is 12.3. The number of anilines is 1. The summed E-state index contributed by atoms with van der Waals surface area (Å²) < 4.78 is 10.8. The Morgan fingerprint density at radius 3 is 2.81 bits per heavy atom. The van der Waals surface area contributed by atoms with Crippen LogP contribution in [0.15, 0.2) is 36.4 Å². The predicted octanol–water partition coefficient (Wildman–Crippen LogP) is 3.31. The van der Waals surface area contributed by atoms with Crippen molar-refractivity contribution in [3.8, 4) is 5.75 Å². The number of amides is 1. The molecule has 0 bridgehead atoms. The summed E-state index contributed by atoms with van der Waals surface area (Å²) in [6, 6.07) is 11.1. The van der Waals surface area contributed by atoms with Crippen LogP contribution < -0.4 is 15.8 Å². The van der Waals surface area contributed by atoms with E-state index in [1.54, 1.807) is 19.2 Å². The van der Waals surface area contributed by atoms with Crippen molar-refractivity contribution in [3.63, 3.8) is 0 Å². The van der Waals surface area contributed by atoms with Crippen molar-refractivity contribution in [1.82, 2.24) is 10.3 Å². The fourth-order valence-electron chi connectivity index (χ4n) is 2.50. The number of hydrogen-bond donors (Lipinski definition) is 2. The zero-order valence-electron chi connectivity index (χ0n) is 15.5. The molecule has 1 amide bonds. The lowest BCUT2D eigenvalue weighted by molar-refractivity contribution is 0.0951. The highest BCUT2D eigenvalue weighted by molar-refractivity contribution is 5.98. The van der Waals surface area contributed by atoms with Crippen LogP contribution in [0.4, 0.5) is 5.82 Å². The molecule has 0 aliphatic rings. The molecule has 1 aromatic heterocycles. The number of carbonyl (C=O) groups excluding carboxylic acids is 1. The third-order valence-corrected chi connectivity index (χ3v) is 3.89. The third-order valence-electron chi connectivity index (χ3n) is 3.89. The van der Waals surface area contributed by atoms with E-state index < -0.39 is 0 Å². The first-order valence-corrected chi connectivity index (χ1v) is 8.88. The molecule has 1 aromatic carbocycles. The first-order valence-electron chi connectivity index (χ1n) is 8.88. The Morgan fingerprint density at radius 2 is 2.08 bits per heavy atom. The summed E-state index contributed by atoms with van der Waals surface area (Å²) in [5, 5.41) is 2.87. The summed E-state index contributed by atoms with van der Waals surface area (Å²) in [6.45, 7) is 3.62. The van der Waals surface area contributed by atoms with E-state index in [-0.39, 0.29) is 11.7 Å². The summed E-state index contributed by atoms with van der Waals surface area (Å²) in [6.07, 6.45) is 3.37. The Balaban J connectivity index is 1.90. The van der Waals surface area contributed by atoms with Crippen LogP contribution in [0.3, 0.4) is 0 Å². The SMILES string of the molecule is CCCCCOc1cccc(CNC(=O)c2ccc(COC)nc2N)c1. The van der Waals surface area contributed by atoms with E-state index in [0.29, 0.717) is 31.0 Å². The predicted molar refractivity (Wildman–Crippen MR) is 102 cm³/mol. The summed E-state index contributed by atoms with van der Waals surface area (Å²) in [7, 11) is 1.58. The van der Waals surface area contributed by atoms with Gasteiger partial charge in [0.1, 0.15) is 11.6 Å². The van der Waals surface area contributed by atoms with Crippen molar-refractivity contribution in [3.05, 3.63) is 53.2 Å². The molecule has 0 unspecified atom stereocenters. The van der Waals surface area contributed by atoms with Gasteiger partial charge in [-0.15, -0.1) is 0 Å². The molecule has 0 spiro atoms. The number of pyridine rings is 1. The van der Waals surface area contributed by atoms with Gasteiger partial charge in [0.2, 0.25) is 0 Å². The Bertz CT molecular complexity index is 719. The topological polar surface area (TPSA) is 86.5 Å². The van der Waals surface area contributed by atoms with E-state index >= 15 is 0 Å². The summed E-state index contributed by atoms with van der Waals surface area (Å²) in [5.41, 5.74) is 7.89. The van der Waals surface area contributed by atoms with E-state index in [0.717, 1.165) is 24.2 Å². The van der Waals surface area contributed by atoms with Crippen LogP contribution in [0.1, 0.15) is 47.8 Å². The molecular weight excluding hydrogens is 330 g/mol. The number of unbranched alkanes of at least 4 members (excludes halogenated alkanes) is 2. The zero-order chi connectivity index (χ0) is 18.8. The molecule has 0 saturated carbocycles. The van der Waals surface area contributed by atoms with Crippen molar-refractivity contribution in [2.24, 2.45) is 0 Å². The van der Waals surface area contributed by atoms with Gasteiger partial charge in [-0.3, -0.25) is 4.79 Å². The van der Waals surface area contributed by atoms with Crippen molar-refractivity contribution >= 4 is 11.7 Å². The normalized spacial score (nSPS) is 10.5. The molecular formula is C20H27N3O3. The average molecular weight is 357 g/mol. The lowest BCUT2D eigenvalue weighted by Crippen LogP contribution is -2.24. The molecule has 26 heavy (non-hydrogen) atoms. The van der Waals surface area contributed by atoms with E-state index in [4.69, 9.17) is 15.2 Å². The second kappa shape index (κ2) is 10.4. The Kier molecular flexibility index (Phi) is 7.89. The van der Waals surface area contributed by atoms with Gasteiger partial charge in [0.05, 0.1) is 24.5 Å². The van der Waals surface area contributed by atoms with Crippen molar-refractivity contribution in [2.75, 3.05) is 19.5 Å². The third kappa shape index (κ3) is 6.04. The minimum Gasteiger partial charge on any atom is -0.494 e. The highest BCUT2D eigenvalue weighted by atomic mass is 16.5. The monoisotopic (exact) mass is 357 g/mol. The highest BCUT2D eigenvalue weighted by Crippen LogP contribution is 2.15. The Hall–Kier alpha value is -2.60. The number of hydrogen-bond acceptors (Lipinski definition) is 5. The van der Waals surface area contributed by atoms with Crippen LogP contribution in [-0.4, -0.2) is 24.6 Å². The van der Waals surface area contributed by atoms with E-state index in [1.807, 2.05) is 24.3 Å². The van der Waals surface area contributed by atoms with Gasteiger partial charge in [0, 0.05) is 13.7 Å². The number of nitrogens with two attached hydrogens (primary N) is 1. The molecule has 6 nitrogen and oxygen atoms in total. The van der Waals surface area contributed by atoms with Gasteiger partial charge in [-0.25, -0.2) is 4.98 Å². The summed E-state index contributed by atoms with van der Waals surface area (Å²) >= 11 is 0. The Labute approximate surface area is 154 Å². The fraction of sp³-hybridized carbons (Fsp3) is 0.400. The van der Waals surface area contributed by atoms with E-state index in [1.165, 1.54) is 6.42 Å². The standard InChI is InChI=1S/C20H27N3O3/c1-3-4-5-11-26-17-8-6-7-15(12-17)13-22-20(24)18-10-9-16(14-25-2)23-19(18)21/h6-10,12H,3-5,11,13-14H2,1-2H3,(H2,21,23)(H,22,24). The lowest BCUT2D eigenvalue weighted by atomic mass is 10.2. The molecule has 0 saturated heterocycles. The zero-order valence-corrected chi connectivity index (χ0v) is 15.5. The van der Waals surface area contributed by atoms with Crippen molar-refractivity contribution in [2.45, 2.75) is 39.3 Å². The van der Waals surface area contributed by atoms with Gasteiger partial charge < -0.3 is 20.5 Å². The first kappa shape index (κ1) is 19.7. The van der Waals surface area contributed by atoms with Crippen LogP contribution in [0.2, 0.25) is 0 Å². The number of nitrogens with zero attached hydrogens (tertiary/aromatic N) is 1. The van der Waals surface area contributed by atoms with Gasteiger partial charge in [-0.05, 0) is 36.2 Å². The number of nitrogen functional groups attached to an aromatic ring is 1. The molecule has 3 N–H and O–H groups in total. The number of methoxy groups -OCH3 is 1. The fourth-order valence-corrected chi connectivity index (χ4v) is 2.50. The largest absolute Gasteiger partial charge is 0.494 e. The number of rotatable bonds is 10. The van der Waals surface area contributed by atoms with Gasteiger partial charge in [0.25, 0.3) is 5.91 Å². The van der Waals surface area contributed by atoms with Crippen LogP contribution in [0.5, 0.6) is 5.75 Å². The van der Waals surface area contributed by atoms with Crippen LogP contribution in [-0.2, 0) is 17.9 Å². The summed E-state index contributed by atoms with van der Waals surface area (Å²) in [4.78, 5) is 16.5. The van der Waals surface area contributed by atoms with Gasteiger partial charge >= 0.3 is 0 Å². The number of ether oxygens (including phenoxy) is 2. The molecule has 0 aliphatic heterocycles. The molecule has 2 aromatic rings. The molecule has 0 radical (unpaired) electrons. The highest BCUT2D eigenvalue weighted by Gasteiger charge is 2.11. The van der Waals surface area contributed by atoms with Gasteiger partial charge in [-0.1, -0.05) is 31.9 Å². The molecule has 0 atom stereocenters. The number of aromatic nitrogens is 1. The molecule has 0 fully saturated rings. The number of benzene rings is 1. The second-order valence-corrected chi connectivity index (χ2v) is 6.05. The molecule has 0 aliphatic carbocycles. The van der Waals surface area contributed by atoms with Crippen molar-refractivity contribution in [1.29, 1.82) is 0 Å². The number of nitrogens with one attached hydrogen (secondary N) is 1. The van der Waals surface area contributed by atoms with Gasteiger partial charge in [0.15, 0.2) is 0 Å². The smallest absolute Gasteiger partial charge is 0.255 e. The number of carbonyl (C=O) groups is 1. The molecule has 140 valence electrons. The van der Waals surface area contributed by atoms with E-state index in [9.17, 15) is 4.79 Å². The van der Waals surface area contributed by atoms with Crippen LogP contribution in [0, 0.1) is 0 Å². The first-order chi connectivity index (χ1) is 12.6. The lowest BCUT2D eigenvalue weighted by Gasteiger charge is -2.10. The minimum absolute atomic E-state index is 0.199. The maximum atomic E-state index is 12.3. The van der Waals surface area contributed by atoms with Crippen LogP contribution in [0.25, 0.3) is 0 Å². The summed E-state index contributed by atoms with van der Waals surface area (Å²) in [5.74, 6) is 0.760. The molecule has 1 heterocycles. The van der Waals surface area contributed by atoms with Gasteiger partial charge in [-0.2, -0.15) is 0 Å². The Morgan fingerprint density at radius 1 is 1.23 bits per heavy atom.